The predicted octanol–water partition coefficient (Wildman–Crippen LogP) is 10.0. The number of benzene rings is 8. The number of hydrogen-bond acceptors (Lipinski definition) is 21. The number of imide groups is 4. The Hall–Kier alpha value is -14.8. The maximum absolute atomic E-state index is 13.3. The van der Waals surface area contributed by atoms with E-state index in [4.69, 9.17) is 12.2 Å². The van der Waals surface area contributed by atoms with Gasteiger partial charge in [-0.05, 0) is 164 Å². The average molecular weight is 1610 g/mol. The molecule has 30 nitrogen and oxygen atoms in total. The second-order valence-electron chi connectivity index (χ2n) is 27.7. The summed E-state index contributed by atoms with van der Waals surface area (Å²) in [4.78, 5) is 184. The molecule has 6 heterocycles. The van der Waals surface area contributed by atoms with E-state index in [9.17, 15) is 71.5 Å². The number of halogens is 1. The molecule has 0 saturated carbocycles. The van der Waals surface area contributed by atoms with Gasteiger partial charge < -0.3 is 53.4 Å². The Morgan fingerprint density at radius 2 is 0.908 bits per heavy atom. The molecule has 2 aromatic heterocycles. The van der Waals surface area contributed by atoms with Crippen molar-refractivity contribution in [3.8, 4) is 22.3 Å². The first-order valence-electron chi connectivity index (χ1n) is 38.9. The van der Waals surface area contributed by atoms with Crippen LogP contribution >= 0.6 is 0 Å². The summed E-state index contributed by atoms with van der Waals surface area (Å²) < 4.78 is 15.5. The summed E-state index contributed by atoms with van der Waals surface area (Å²) in [5, 5.41) is 38.2. The maximum Gasteiger partial charge on any atom is 0.322 e. The molecule has 2 unspecified atom stereocenters. The van der Waals surface area contributed by atoms with Gasteiger partial charge in [-0.1, -0.05) is 91.3 Å². The molecule has 0 spiro atoms. The Balaban J connectivity index is 0.000000191. The molecule has 0 aliphatic carbocycles. The van der Waals surface area contributed by atoms with Crippen LogP contribution < -0.4 is 58.9 Å². The molecule has 13 N–H and O–H groups in total. The van der Waals surface area contributed by atoms with Gasteiger partial charge in [0.2, 0.25) is 23.6 Å². The Morgan fingerprint density at radius 3 is 1.31 bits per heavy atom. The molecule has 2 fully saturated rings. The molecule has 10 aromatic rings. The van der Waals surface area contributed by atoms with E-state index in [0.29, 0.717) is 78.2 Å². The van der Waals surface area contributed by atoms with Crippen molar-refractivity contribution in [2.45, 2.75) is 76.3 Å². The number of nitrogens with two attached hydrogens (primary N) is 1. The zero-order valence-electron chi connectivity index (χ0n) is 65.9. The van der Waals surface area contributed by atoms with Crippen LogP contribution in [0.1, 0.15) is 148 Å². The van der Waals surface area contributed by atoms with Gasteiger partial charge in [-0.15, -0.1) is 0 Å². The van der Waals surface area contributed by atoms with Crippen LogP contribution in [0.25, 0.3) is 44.1 Å². The van der Waals surface area contributed by atoms with Gasteiger partial charge in [0, 0.05) is 103 Å². The SMILES string of the molecule is CNC(=O)c1cnc2ccc(-c3ccc(C(=O)NCCCCCC(=O)CNc4cccc5c4C(=O)N(C4CCC(=O)NC4=O)C5=O)cc3)cc2c1Nc1ccccc1.CNC(=O)c1cnc2ccc(-c3ccc(C(=O)NCCCCN)cc3)cc2c1Nc1ccccc1.O=C(O)CNc1cccc2c1C(=O)N(C1CCC(=O)NC1=O)C2=O.[2H]CF. The molecule has 0 radical (unpaired) electrons. The number of piperidine rings is 2. The number of rotatable bonds is 28. The third-order valence-corrected chi connectivity index (χ3v) is 19.9. The number of carbonyl (C=O) groups excluding carboxylic acids is 13. The standard InChI is InChI=1S/C44H41N7O7.C28H29N5O2.C15H13N3O6.CH3F/c1-45-41(55)33-25-48-34-19-18-28(23-32(34)39(33)49-29-9-4-2-5-10-29)26-14-16-27(17-15-26)40(54)46-22-7-3-6-11-30(52)24-47-35-13-8-12-31-38(35)44(58)51(43(31)57)36-20-21-37(53)50-42(36)56;1-30-28(35)24-18-32-25-14-13-21(17-23(25)26(24)33-22-7-3-2-4-8-22)19-9-11-20(12-10-19)27(34)31-16-6-5-15-29;19-10-5-4-9(13(22)17-10)18-14(23)7-2-1-3-8(12(7)15(18)24)16-6-11(20)21;1-2/h2,4-5,8-10,12-19,23,25,36,47H,3,6-7,11,20-22,24H2,1H3,(H,45,55)(H,46,54)(H,48,49)(H,50,53,56);2-4,7-14,17-18H,5-6,15-16,29H2,1H3,(H,30,35)(H,31,34)(H,32,33);1-3,9,16H,4-6H2,(H,20,21)(H,17,19,22);1H3/i;;;1D. The fourth-order valence-electron chi connectivity index (χ4n) is 13.9. The lowest BCUT2D eigenvalue weighted by Crippen LogP contribution is -2.54. The number of ketones is 1. The van der Waals surface area contributed by atoms with Crippen molar-refractivity contribution in [1.82, 2.24) is 51.7 Å². The van der Waals surface area contributed by atoms with Gasteiger partial charge in [-0.25, -0.2) is 0 Å². The van der Waals surface area contributed by atoms with Crippen molar-refractivity contribution in [1.29, 1.82) is 0 Å². The van der Waals surface area contributed by atoms with E-state index in [-0.39, 0.29) is 96.0 Å². The first kappa shape index (κ1) is 83.7. The molecular weight excluding hydrogens is 1530 g/mol. The first-order chi connectivity index (χ1) is 58.0. The Kier molecular flexibility index (Phi) is 28.1. The third-order valence-electron chi connectivity index (χ3n) is 19.9. The number of carbonyl (C=O) groups is 14. The van der Waals surface area contributed by atoms with Crippen LogP contribution in [-0.4, -0.2) is 174 Å². The van der Waals surface area contributed by atoms with Crippen LogP contribution in [0.2, 0.25) is 0 Å². The van der Waals surface area contributed by atoms with Gasteiger partial charge >= 0.3 is 5.97 Å². The zero-order valence-corrected chi connectivity index (χ0v) is 64.9. The molecule has 0 bridgehead atoms. The number of pyridine rings is 2. The monoisotopic (exact) mass is 1610 g/mol. The van der Waals surface area contributed by atoms with Crippen molar-refractivity contribution in [3.05, 3.63) is 239 Å². The molecule has 119 heavy (non-hydrogen) atoms. The fraction of sp³-hybridized carbons (Fsp3) is 0.227. The average Bonchev–Trinajstić information content (AvgIpc) is 1.70. The van der Waals surface area contributed by atoms with Gasteiger partial charge in [-0.2, -0.15) is 0 Å². The molecule has 4 aliphatic rings. The number of nitrogens with zero attached hydrogens (tertiary/aromatic N) is 4. The molecule has 610 valence electrons. The minimum Gasteiger partial charge on any atom is -0.480 e. The Morgan fingerprint density at radius 1 is 0.496 bits per heavy atom. The molecular formula is C88H86FN15O15. The number of carboxylic acids is 1. The summed E-state index contributed by atoms with van der Waals surface area (Å²) in [6, 6.07) is 52.9. The van der Waals surface area contributed by atoms with E-state index in [1.165, 1.54) is 24.3 Å². The van der Waals surface area contributed by atoms with Gasteiger partial charge in [0.05, 0.1) is 70.9 Å². The predicted molar refractivity (Wildman–Crippen MR) is 445 cm³/mol. The van der Waals surface area contributed by atoms with Crippen LogP contribution in [-0.2, 0) is 28.8 Å². The van der Waals surface area contributed by atoms with E-state index in [2.05, 4.69) is 63.1 Å². The molecule has 4 aliphatic heterocycles. The number of fused-ring (bicyclic) bond motifs is 4. The number of amides is 12. The Labute approximate surface area is 683 Å². The van der Waals surface area contributed by atoms with Gasteiger partial charge in [0.1, 0.15) is 18.6 Å². The topological polar surface area (TPSA) is 438 Å². The minimum absolute atomic E-state index is 0.0243. The zero-order chi connectivity index (χ0) is 85.5. The molecule has 14 rings (SSSR count). The summed E-state index contributed by atoms with van der Waals surface area (Å²) in [7, 11) is 2.18. The fourth-order valence-corrected chi connectivity index (χ4v) is 13.9. The number of aromatic nitrogens is 2. The molecule has 12 amide bonds. The van der Waals surface area contributed by atoms with Crippen LogP contribution in [0.3, 0.4) is 0 Å². The second-order valence-corrected chi connectivity index (χ2v) is 27.7. The van der Waals surface area contributed by atoms with Gasteiger partial charge in [0.15, 0.2) is 5.78 Å². The number of unbranched alkanes of at least 4 members (excludes halogenated alkanes) is 3. The van der Waals surface area contributed by atoms with Crippen LogP contribution in [0, 0.1) is 0 Å². The molecule has 2 saturated heterocycles. The summed E-state index contributed by atoms with van der Waals surface area (Å²) in [6.45, 7) is 1.20. The summed E-state index contributed by atoms with van der Waals surface area (Å²) in [6.07, 6.45) is 7.35. The van der Waals surface area contributed by atoms with E-state index >= 15 is 0 Å². The normalized spacial score (nSPS) is 14.6. The number of hydrogen-bond donors (Lipinski definition) is 12. The van der Waals surface area contributed by atoms with Gasteiger partial charge in [0.25, 0.3) is 47.3 Å². The van der Waals surface area contributed by atoms with Crippen molar-refractivity contribution in [3.63, 3.8) is 0 Å². The molecule has 2 atom stereocenters. The number of Topliss-reactive ketones (excluding diaryl/α,β-unsaturated/α-hetero) is 1. The molecule has 8 aromatic carbocycles. The number of para-hydroxylation sites is 2. The lowest BCUT2D eigenvalue weighted by Gasteiger charge is -2.27. The summed E-state index contributed by atoms with van der Waals surface area (Å²) >= 11 is 0. The maximum atomic E-state index is 13.3. The smallest absolute Gasteiger partial charge is 0.322 e. The number of aliphatic carboxylic acids is 1. The second kappa shape index (κ2) is 40.0. The highest BCUT2D eigenvalue weighted by atomic mass is 19.1. The number of nitrogens with one attached hydrogen (secondary N) is 10. The highest BCUT2D eigenvalue weighted by Gasteiger charge is 2.47. The van der Waals surface area contributed by atoms with E-state index in [1.807, 2.05) is 133 Å². The summed E-state index contributed by atoms with van der Waals surface area (Å²) in [5.41, 5.74) is 16.6. The minimum atomic E-state index is -1.12. The quantitative estimate of drug-likeness (QED) is 0.0160. The lowest BCUT2D eigenvalue weighted by molar-refractivity contribution is -0.137. The van der Waals surface area contributed by atoms with Crippen LogP contribution in [0.15, 0.2) is 194 Å². The van der Waals surface area contributed by atoms with Crippen LogP contribution in [0.4, 0.5) is 38.5 Å². The lowest BCUT2D eigenvalue weighted by atomic mass is 9.99. The Bertz CT molecular complexity index is 5610. The number of carboxylic acid groups (broad SMARTS) is 1. The number of anilines is 6. The van der Waals surface area contributed by atoms with Gasteiger partial charge in [-0.3, -0.25) is 102 Å². The largest absolute Gasteiger partial charge is 0.480 e. The first-order valence-corrected chi connectivity index (χ1v) is 38.2. The van der Waals surface area contributed by atoms with E-state index in [1.54, 1.807) is 50.8 Å². The van der Waals surface area contributed by atoms with E-state index in [0.717, 1.165) is 78.1 Å². The van der Waals surface area contributed by atoms with Crippen molar-refractivity contribution in [2.75, 3.05) is 75.2 Å². The van der Waals surface area contributed by atoms with Crippen molar-refractivity contribution >= 4 is 139 Å². The van der Waals surface area contributed by atoms with E-state index < -0.39 is 79.0 Å². The highest BCUT2D eigenvalue weighted by Crippen LogP contribution is 2.38. The highest BCUT2D eigenvalue weighted by molar-refractivity contribution is 6.27. The van der Waals surface area contributed by atoms with Crippen LogP contribution in [0.5, 0.6) is 0 Å². The summed E-state index contributed by atoms with van der Waals surface area (Å²) in [5.74, 6) is -6.84. The third kappa shape index (κ3) is 20.3. The molecule has 31 heteroatoms. The van der Waals surface area contributed by atoms with Crippen molar-refractivity contribution in [2.24, 2.45) is 5.73 Å². The van der Waals surface area contributed by atoms with Crippen molar-refractivity contribution < 1.29 is 78.0 Å². The number of alkyl halides is 1.